The highest BCUT2D eigenvalue weighted by Crippen LogP contribution is 2.29. The fraction of sp³-hybridized carbons (Fsp3) is 0.667. The second kappa shape index (κ2) is 4.07. The molecule has 0 saturated carbocycles. The monoisotopic (exact) mass is 192 g/mol. The average Bonchev–Trinajstić information content (AvgIpc) is 2.54. The Bertz CT molecular complexity index is 312. The lowest BCUT2D eigenvalue weighted by molar-refractivity contribution is 0.676. The van der Waals surface area contributed by atoms with Gasteiger partial charge < -0.3 is 10.7 Å². The van der Waals surface area contributed by atoms with Gasteiger partial charge in [-0.1, -0.05) is 13.3 Å². The fourth-order valence-corrected chi connectivity index (χ4v) is 2.32. The Morgan fingerprint density at radius 2 is 2.07 bits per heavy atom. The molecule has 0 atom stereocenters. The summed E-state index contributed by atoms with van der Waals surface area (Å²) in [5.74, 6) is 0. The molecular weight excluding hydrogens is 172 g/mol. The molecule has 0 aliphatic heterocycles. The third-order valence-electron chi connectivity index (χ3n) is 3.20. The Morgan fingerprint density at radius 3 is 2.79 bits per heavy atom. The molecule has 1 aliphatic carbocycles. The summed E-state index contributed by atoms with van der Waals surface area (Å²) in [4.78, 5) is 3.51. The van der Waals surface area contributed by atoms with Crippen molar-refractivity contribution in [2.45, 2.75) is 51.9 Å². The molecule has 2 heteroatoms. The number of nitrogens with one attached hydrogen (secondary N) is 1. The van der Waals surface area contributed by atoms with Crippen LogP contribution in [0.15, 0.2) is 0 Å². The number of aromatic amines is 1. The van der Waals surface area contributed by atoms with E-state index in [1.54, 1.807) is 0 Å². The van der Waals surface area contributed by atoms with Crippen molar-refractivity contribution in [3.8, 4) is 0 Å². The Kier molecular flexibility index (Phi) is 2.80. The van der Waals surface area contributed by atoms with Crippen LogP contribution in [0.3, 0.4) is 0 Å². The number of hydrogen-bond donors (Lipinski definition) is 2. The van der Waals surface area contributed by atoms with Crippen molar-refractivity contribution in [3.05, 3.63) is 17.0 Å². The Morgan fingerprint density at radius 1 is 1.29 bits per heavy atom. The van der Waals surface area contributed by atoms with Crippen molar-refractivity contribution in [3.63, 3.8) is 0 Å². The van der Waals surface area contributed by atoms with Crippen LogP contribution in [0.5, 0.6) is 0 Å². The van der Waals surface area contributed by atoms with Gasteiger partial charge in [-0.2, -0.15) is 0 Å². The van der Waals surface area contributed by atoms with E-state index in [9.17, 15) is 0 Å². The molecule has 0 amide bonds. The van der Waals surface area contributed by atoms with Crippen LogP contribution in [0.25, 0.3) is 0 Å². The van der Waals surface area contributed by atoms with Crippen LogP contribution < -0.4 is 5.73 Å². The van der Waals surface area contributed by atoms with Crippen molar-refractivity contribution in [2.24, 2.45) is 0 Å². The summed E-state index contributed by atoms with van der Waals surface area (Å²) in [6.45, 7) is 2.22. The highest BCUT2D eigenvalue weighted by atomic mass is 14.8. The lowest BCUT2D eigenvalue weighted by Gasteiger charge is -2.10. The topological polar surface area (TPSA) is 41.8 Å². The van der Waals surface area contributed by atoms with Crippen LogP contribution in [0.1, 0.15) is 49.6 Å². The molecule has 1 aromatic heterocycles. The van der Waals surface area contributed by atoms with E-state index in [1.807, 2.05) is 0 Å². The number of nitrogens with two attached hydrogens (primary N) is 1. The molecular formula is C12H20N2. The molecule has 0 fully saturated rings. The van der Waals surface area contributed by atoms with E-state index in [4.69, 9.17) is 5.73 Å². The van der Waals surface area contributed by atoms with Crippen LogP contribution in [0, 0.1) is 0 Å². The van der Waals surface area contributed by atoms with Crippen LogP contribution in [0.4, 0.5) is 5.69 Å². The number of H-pyrrole nitrogens is 1. The van der Waals surface area contributed by atoms with Crippen LogP contribution in [-0.4, -0.2) is 4.98 Å². The molecule has 2 nitrogen and oxygen atoms in total. The van der Waals surface area contributed by atoms with Gasteiger partial charge in [0.05, 0.1) is 5.69 Å². The second-order valence-electron chi connectivity index (χ2n) is 4.28. The molecule has 1 aromatic rings. The molecule has 0 saturated heterocycles. The van der Waals surface area contributed by atoms with E-state index >= 15 is 0 Å². The van der Waals surface area contributed by atoms with Gasteiger partial charge in [0.15, 0.2) is 0 Å². The number of anilines is 1. The van der Waals surface area contributed by atoms with E-state index in [0.717, 1.165) is 12.1 Å². The predicted octanol–water partition coefficient (Wildman–Crippen LogP) is 2.82. The molecule has 14 heavy (non-hydrogen) atoms. The zero-order valence-corrected chi connectivity index (χ0v) is 9.03. The molecule has 0 aromatic carbocycles. The number of nitrogen functional groups attached to an aromatic ring is 1. The first kappa shape index (κ1) is 9.63. The van der Waals surface area contributed by atoms with E-state index in [0.29, 0.717) is 0 Å². The molecule has 0 bridgehead atoms. The first-order valence-electron chi connectivity index (χ1n) is 5.81. The van der Waals surface area contributed by atoms with Gasteiger partial charge in [0.2, 0.25) is 0 Å². The average molecular weight is 192 g/mol. The smallest absolute Gasteiger partial charge is 0.0560 e. The SMILES string of the molecule is CCCCc1[nH]c2c(c1N)CCCC2. The summed E-state index contributed by atoms with van der Waals surface area (Å²) in [5.41, 5.74) is 11.3. The number of aryl methyl sites for hydroxylation is 2. The van der Waals surface area contributed by atoms with Gasteiger partial charge in [0, 0.05) is 11.4 Å². The van der Waals surface area contributed by atoms with Crippen molar-refractivity contribution in [1.29, 1.82) is 0 Å². The largest absolute Gasteiger partial charge is 0.397 e. The van der Waals surface area contributed by atoms with Crippen LogP contribution in [-0.2, 0) is 19.3 Å². The summed E-state index contributed by atoms with van der Waals surface area (Å²) in [6.07, 6.45) is 8.61. The summed E-state index contributed by atoms with van der Waals surface area (Å²) in [7, 11) is 0. The normalized spacial score (nSPS) is 15.5. The third kappa shape index (κ3) is 1.66. The Balaban J connectivity index is 2.20. The van der Waals surface area contributed by atoms with Crippen molar-refractivity contribution in [1.82, 2.24) is 4.98 Å². The molecule has 0 spiro atoms. The maximum atomic E-state index is 6.13. The van der Waals surface area contributed by atoms with Crippen molar-refractivity contribution in [2.75, 3.05) is 5.73 Å². The quantitative estimate of drug-likeness (QED) is 0.759. The number of unbranched alkanes of at least 4 members (excludes halogenated alkanes) is 1. The predicted molar refractivity (Wildman–Crippen MR) is 60.5 cm³/mol. The molecule has 78 valence electrons. The van der Waals surface area contributed by atoms with Gasteiger partial charge >= 0.3 is 0 Å². The standard InChI is InChI=1S/C12H20N2/c1-2-3-7-11-12(13)9-6-4-5-8-10(9)14-11/h14H,2-8,13H2,1H3. The highest BCUT2D eigenvalue weighted by Gasteiger charge is 2.17. The number of aromatic nitrogens is 1. The molecule has 2 rings (SSSR count). The van der Waals surface area contributed by atoms with Gasteiger partial charge in [0.1, 0.15) is 0 Å². The Hall–Kier alpha value is -0.920. The zero-order chi connectivity index (χ0) is 9.97. The van der Waals surface area contributed by atoms with Gasteiger partial charge in [-0.15, -0.1) is 0 Å². The van der Waals surface area contributed by atoms with Gasteiger partial charge in [0.25, 0.3) is 0 Å². The summed E-state index contributed by atoms with van der Waals surface area (Å²) in [6, 6.07) is 0. The molecule has 0 unspecified atom stereocenters. The van der Waals surface area contributed by atoms with E-state index in [2.05, 4.69) is 11.9 Å². The van der Waals surface area contributed by atoms with Gasteiger partial charge in [-0.05, 0) is 44.1 Å². The minimum Gasteiger partial charge on any atom is -0.397 e. The molecule has 0 radical (unpaired) electrons. The minimum atomic E-state index is 1.06. The summed E-state index contributed by atoms with van der Waals surface area (Å²) >= 11 is 0. The second-order valence-corrected chi connectivity index (χ2v) is 4.28. The van der Waals surface area contributed by atoms with Crippen molar-refractivity contribution >= 4 is 5.69 Å². The fourth-order valence-electron chi connectivity index (χ4n) is 2.32. The van der Waals surface area contributed by atoms with E-state index < -0.39 is 0 Å². The van der Waals surface area contributed by atoms with Gasteiger partial charge in [-0.3, -0.25) is 0 Å². The first-order chi connectivity index (χ1) is 6.83. The van der Waals surface area contributed by atoms with Gasteiger partial charge in [-0.25, -0.2) is 0 Å². The first-order valence-corrected chi connectivity index (χ1v) is 5.81. The number of hydrogen-bond acceptors (Lipinski definition) is 1. The lowest BCUT2D eigenvalue weighted by atomic mass is 9.97. The number of rotatable bonds is 3. The van der Waals surface area contributed by atoms with Crippen molar-refractivity contribution < 1.29 is 0 Å². The third-order valence-corrected chi connectivity index (χ3v) is 3.20. The van der Waals surface area contributed by atoms with Crippen LogP contribution in [0.2, 0.25) is 0 Å². The maximum Gasteiger partial charge on any atom is 0.0560 e. The van der Waals surface area contributed by atoms with Crippen LogP contribution >= 0.6 is 0 Å². The molecule has 3 N–H and O–H groups in total. The zero-order valence-electron chi connectivity index (χ0n) is 9.03. The maximum absolute atomic E-state index is 6.13. The minimum absolute atomic E-state index is 1.06. The molecule has 1 heterocycles. The lowest BCUT2D eigenvalue weighted by Crippen LogP contribution is -2.02. The number of fused-ring (bicyclic) bond motifs is 1. The summed E-state index contributed by atoms with van der Waals surface area (Å²) in [5, 5.41) is 0. The summed E-state index contributed by atoms with van der Waals surface area (Å²) < 4.78 is 0. The molecule has 1 aliphatic rings. The van der Waals surface area contributed by atoms with E-state index in [1.165, 1.54) is 55.5 Å². The van der Waals surface area contributed by atoms with E-state index in [-0.39, 0.29) is 0 Å². The highest BCUT2D eigenvalue weighted by molar-refractivity contribution is 5.55. The Labute approximate surface area is 85.9 Å².